The zero-order valence-electron chi connectivity index (χ0n) is 12.0. The van der Waals surface area contributed by atoms with Crippen LogP contribution in [0.2, 0.25) is 0 Å². The summed E-state index contributed by atoms with van der Waals surface area (Å²) in [5.41, 5.74) is 0.571. The summed E-state index contributed by atoms with van der Waals surface area (Å²) in [7, 11) is 0. The van der Waals surface area contributed by atoms with E-state index in [1.807, 2.05) is 5.38 Å². The van der Waals surface area contributed by atoms with Crippen molar-refractivity contribution in [2.24, 2.45) is 0 Å². The van der Waals surface area contributed by atoms with Crippen LogP contribution in [0.4, 0.5) is 20.0 Å². The van der Waals surface area contributed by atoms with Crippen LogP contribution in [0.15, 0.2) is 35.8 Å². The molecule has 1 unspecified atom stereocenters. The molecule has 7 heteroatoms. The minimum absolute atomic E-state index is 0.269. The number of hydrogen-bond donors (Lipinski definition) is 2. The van der Waals surface area contributed by atoms with E-state index in [0.29, 0.717) is 12.2 Å². The van der Waals surface area contributed by atoms with Crippen LogP contribution in [0.25, 0.3) is 0 Å². The first-order valence-electron chi connectivity index (χ1n) is 7.19. The number of carbonyl (C=O) groups excluding carboxylic acids is 1. The van der Waals surface area contributed by atoms with Crippen molar-refractivity contribution in [2.75, 3.05) is 23.3 Å². The van der Waals surface area contributed by atoms with E-state index in [0.717, 1.165) is 24.5 Å². The number of urea groups is 1. The van der Waals surface area contributed by atoms with E-state index in [2.05, 4.69) is 20.5 Å². The second-order valence-electron chi connectivity index (χ2n) is 5.15. The number of hydrogen-bond acceptors (Lipinski definition) is 4. The number of rotatable bonds is 4. The molecule has 2 N–H and O–H groups in total. The summed E-state index contributed by atoms with van der Waals surface area (Å²) in [6, 6.07) is 5.69. The first-order valence-corrected chi connectivity index (χ1v) is 8.07. The second-order valence-corrected chi connectivity index (χ2v) is 6.02. The van der Waals surface area contributed by atoms with Crippen molar-refractivity contribution in [1.29, 1.82) is 0 Å². The summed E-state index contributed by atoms with van der Waals surface area (Å²) in [5, 5.41) is 8.53. The molecule has 0 spiro atoms. The van der Waals surface area contributed by atoms with E-state index in [4.69, 9.17) is 0 Å². The first kappa shape index (κ1) is 14.8. The van der Waals surface area contributed by atoms with E-state index < -0.39 is 0 Å². The number of aromatic nitrogens is 1. The average Bonchev–Trinajstić information content (AvgIpc) is 3.18. The Balaban J connectivity index is 1.51. The molecule has 2 amide bonds. The fraction of sp³-hybridized carbons (Fsp3) is 0.333. The quantitative estimate of drug-likeness (QED) is 0.910. The van der Waals surface area contributed by atoms with Gasteiger partial charge in [0.05, 0.1) is 0 Å². The lowest BCUT2D eigenvalue weighted by atomic mass is 10.2. The average molecular weight is 320 g/mol. The molecule has 0 bridgehead atoms. The van der Waals surface area contributed by atoms with Gasteiger partial charge in [0.25, 0.3) is 0 Å². The number of amides is 2. The van der Waals surface area contributed by atoms with E-state index >= 15 is 0 Å². The molecule has 2 heterocycles. The van der Waals surface area contributed by atoms with Crippen molar-refractivity contribution in [2.45, 2.75) is 18.9 Å². The number of thiazole rings is 1. The normalized spacial score (nSPS) is 17.5. The van der Waals surface area contributed by atoms with E-state index in [-0.39, 0.29) is 17.9 Å². The zero-order chi connectivity index (χ0) is 15.4. The molecule has 0 saturated carbocycles. The molecule has 1 saturated heterocycles. The summed E-state index contributed by atoms with van der Waals surface area (Å²) >= 11 is 1.61. The largest absolute Gasteiger partial charge is 0.343 e. The Morgan fingerprint density at radius 3 is 2.95 bits per heavy atom. The first-order chi connectivity index (χ1) is 10.7. The topological polar surface area (TPSA) is 57.3 Å². The maximum atomic E-state index is 12.8. The molecule has 1 aliphatic rings. The molecule has 2 aromatic rings. The fourth-order valence-electron chi connectivity index (χ4n) is 2.58. The van der Waals surface area contributed by atoms with Gasteiger partial charge in [-0.25, -0.2) is 14.2 Å². The van der Waals surface area contributed by atoms with Gasteiger partial charge in [-0.3, -0.25) is 0 Å². The van der Waals surface area contributed by atoms with Crippen LogP contribution < -0.4 is 15.5 Å². The van der Waals surface area contributed by atoms with Crippen LogP contribution in [0.3, 0.4) is 0 Å². The minimum atomic E-state index is -0.323. The van der Waals surface area contributed by atoms with Gasteiger partial charge in [0, 0.05) is 36.4 Å². The predicted octanol–water partition coefficient (Wildman–Crippen LogP) is 3.07. The molecule has 0 aliphatic carbocycles. The monoisotopic (exact) mass is 320 g/mol. The maximum absolute atomic E-state index is 12.8. The number of carbonyl (C=O) groups is 1. The van der Waals surface area contributed by atoms with Crippen LogP contribution in [-0.2, 0) is 0 Å². The van der Waals surface area contributed by atoms with Crippen molar-refractivity contribution in [1.82, 2.24) is 10.3 Å². The molecule has 0 radical (unpaired) electrons. The van der Waals surface area contributed by atoms with Crippen LogP contribution in [-0.4, -0.2) is 30.1 Å². The number of nitrogens with zero attached hydrogens (tertiary/aromatic N) is 2. The van der Waals surface area contributed by atoms with Gasteiger partial charge in [-0.15, -0.1) is 11.3 Å². The molecule has 1 fully saturated rings. The van der Waals surface area contributed by atoms with Gasteiger partial charge in [-0.1, -0.05) is 0 Å². The zero-order valence-corrected chi connectivity index (χ0v) is 12.8. The number of nitrogens with one attached hydrogen (secondary N) is 2. The van der Waals surface area contributed by atoms with Gasteiger partial charge in [0.15, 0.2) is 5.13 Å². The Labute approximate surface area is 132 Å². The highest BCUT2D eigenvalue weighted by Crippen LogP contribution is 2.26. The summed E-state index contributed by atoms with van der Waals surface area (Å²) in [6.45, 7) is 1.53. The third-order valence-electron chi connectivity index (χ3n) is 3.64. The lowest BCUT2D eigenvalue weighted by Crippen LogP contribution is -2.41. The Kier molecular flexibility index (Phi) is 4.53. The molecule has 3 rings (SSSR count). The van der Waals surface area contributed by atoms with Gasteiger partial charge in [0.2, 0.25) is 0 Å². The maximum Gasteiger partial charge on any atom is 0.319 e. The molecule has 22 heavy (non-hydrogen) atoms. The Morgan fingerprint density at radius 2 is 2.23 bits per heavy atom. The summed E-state index contributed by atoms with van der Waals surface area (Å²) < 4.78 is 12.8. The second kappa shape index (κ2) is 6.74. The molecular weight excluding hydrogens is 303 g/mol. The predicted molar refractivity (Wildman–Crippen MR) is 85.9 cm³/mol. The van der Waals surface area contributed by atoms with Crippen molar-refractivity contribution in [3.8, 4) is 0 Å². The highest BCUT2D eigenvalue weighted by Gasteiger charge is 2.26. The Morgan fingerprint density at radius 1 is 1.41 bits per heavy atom. The van der Waals surface area contributed by atoms with Crippen molar-refractivity contribution >= 4 is 28.2 Å². The summed E-state index contributed by atoms with van der Waals surface area (Å²) in [6.07, 6.45) is 3.94. The number of halogens is 1. The Bertz CT molecular complexity index is 617. The third-order valence-corrected chi connectivity index (χ3v) is 4.45. The fourth-order valence-corrected chi connectivity index (χ4v) is 3.32. The van der Waals surface area contributed by atoms with Crippen LogP contribution in [0.5, 0.6) is 0 Å². The number of benzene rings is 1. The smallest absolute Gasteiger partial charge is 0.319 e. The standard InChI is InChI=1S/C15H17FN4OS/c16-11-3-5-12(6-4-11)19-14(21)18-10-13-2-1-8-20(13)15-17-7-9-22-15/h3-7,9,13H,1-2,8,10H2,(H2,18,19,21). The summed E-state index contributed by atoms with van der Waals surface area (Å²) in [4.78, 5) is 18.5. The molecule has 1 aromatic carbocycles. The molecule has 116 valence electrons. The highest BCUT2D eigenvalue weighted by atomic mass is 32.1. The van der Waals surface area contributed by atoms with E-state index in [1.165, 1.54) is 24.3 Å². The van der Waals surface area contributed by atoms with Crippen LogP contribution in [0, 0.1) is 5.82 Å². The van der Waals surface area contributed by atoms with Crippen LogP contribution >= 0.6 is 11.3 Å². The minimum Gasteiger partial charge on any atom is -0.343 e. The molecule has 1 aliphatic heterocycles. The van der Waals surface area contributed by atoms with E-state index in [9.17, 15) is 9.18 Å². The van der Waals surface area contributed by atoms with Gasteiger partial charge in [-0.2, -0.15) is 0 Å². The molecule has 1 aromatic heterocycles. The lowest BCUT2D eigenvalue weighted by Gasteiger charge is -2.24. The van der Waals surface area contributed by atoms with Crippen molar-refractivity contribution < 1.29 is 9.18 Å². The Hall–Kier alpha value is -2.15. The number of anilines is 2. The lowest BCUT2D eigenvalue weighted by molar-refractivity contribution is 0.251. The third kappa shape index (κ3) is 3.54. The van der Waals surface area contributed by atoms with Gasteiger partial charge in [0.1, 0.15) is 5.82 Å². The van der Waals surface area contributed by atoms with Gasteiger partial charge < -0.3 is 15.5 Å². The SMILES string of the molecule is O=C(NCC1CCCN1c1nccs1)Nc1ccc(F)cc1. The van der Waals surface area contributed by atoms with Crippen LogP contribution in [0.1, 0.15) is 12.8 Å². The summed E-state index contributed by atoms with van der Waals surface area (Å²) in [5.74, 6) is -0.323. The highest BCUT2D eigenvalue weighted by molar-refractivity contribution is 7.13. The van der Waals surface area contributed by atoms with Gasteiger partial charge in [-0.05, 0) is 37.1 Å². The molecule has 1 atom stereocenters. The van der Waals surface area contributed by atoms with Gasteiger partial charge >= 0.3 is 6.03 Å². The van der Waals surface area contributed by atoms with Crippen molar-refractivity contribution in [3.63, 3.8) is 0 Å². The molecular formula is C15H17FN4OS. The molecule has 5 nitrogen and oxygen atoms in total. The van der Waals surface area contributed by atoms with E-state index in [1.54, 1.807) is 17.5 Å². The van der Waals surface area contributed by atoms with Crippen molar-refractivity contribution in [3.05, 3.63) is 41.7 Å².